The number of H-pyrrole nitrogens is 1. The molecule has 0 atom stereocenters. The average molecular weight is 504 g/mol. The molecule has 0 fully saturated rings. The number of aromatic nitrogens is 3. The molecule has 0 saturated heterocycles. The second kappa shape index (κ2) is 10.8. The van der Waals surface area contributed by atoms with Gasteiger partial charge in [0, 0.05) is 22.6 Å². The molecule has 0 aliphatic rings. The third kappa shape index (κ3) is 5.21. The number of hydrogen-bond donors (Lipinski definition) is 2. The van der Waals surface area contributed by atoms with Crippen molar-refractivity contribution in [2.24, 2.45) is 0 Å². The number of carboxylic acid groups (broad SMARTS) is 1. The lowest BCUT2D eigenvalue weighted by Crippen LogP contribution is -3.00. The second-order valence-corrected chi connectivity index (χ2v) is 9.25. The van der Waals surface area contributed by atoms with E-state index in [0.717, 1.165) is 33.8 Å². The molecule has 2 aromatic carbocycles. The minimum absolute atomic E-state index is 0. The number of imidazole rings is 1. The molecule has 0 radical (unpaired) electrons. The standard InChI is InChI=1S/C23H21N3O4S2.ClH/c1-14-19(13-31-32-21-7-5-4-6-16(21)22(27)28)26(11-10-20(14)30-3)23-24-17-9-8-15(29-2)12-18(17)25-23;/h4-12H,13H2,1-3H3,(H-,24,25,27,28);1H. The van der Waals surface area contributed by atoms with Gasteiger partial charge in [0.2, 0.25) is 0 Å². The summed E-state index contributed by atoms with van der Waals surface area (Å²) in [7, 11) is 6.28. The fourth-order valence-corrected chi connectivity index (χ4v) is 5.72. The van der Waals surface area contributed by atoms with Gasteiger partial charge in [0.15, 0.2) is 5.52 Å². The Morgan fingerprint density at radius 1 is 1.15 bits per heavy atom. The van der Waals surface area contributed by atoms with Crippen LogP contribution in [0.3, 0.4) is 0 Å². The van der Waals surface area contributed by atoms with Gasteiger partial charge >= 0.3 is 11.9 Å². The number of ether oxygens (including phenoxy) is 2. The number of pyridine rings is 1. The molecule has 4 aromatic rings. The molecule has 4 rings (SSSR count). The largest absolute Gasteiger partial charge is 1.00 e. The van der Waals surface area contributed by atoms with Crippen molar-refractivity contribution in [3.63, 3.8) is 0 Å². The summed E-state index contributed by atoms with van der Waals surface area (Å²) in [5.41, 5.74) is 4.01. The van der Waals surface area contributed by atoms with Gasteiger partial charge in [-0.3, -0.25) is 0 Å². The predicted octanol–water partition coefficient (Wildman–Crippen LogP) is 1.81. The summed E-state index contributed by atoms with van der Waals surface area (Å²) in [6.07, 6.45) is 1.92. The molecule has 0 spiro atoms. The van der Waals surface area contributed by atoms with Crippen molar-refractivity contribution in [2.75, 3.05) is 14.2 Å². The van der Waals surface area contributed by atoms with Crippen LogP contribution in [0.2, 0.25) is 0 Å². The number of halogens is 1. The molecule has 7 nitrogen and oxygen atoms in total. The normalized spacial score (nSPS) is 10.6. The number of rotatable bonds is 8. The van der Waals surface area contributed by atoms with Gasteiger partial charge in [0.05, 0.1) is 31.7 Å². The number of aromatic carboxylic acids is 1. The fraction of sp³-hybridized carbons (Fsp3) is 0.174. The minimum atomic E-state index is -0.931. The Balaban J connectivity index is 0.00000306. The number of hydrogen-bond acceptors (Lipinski definition) is 6. The van der Waals surface area contributed by atoms with Crippen LogP contribution in [0.15, 0.2) is 59.6 Å². The van der Waals surface area contributed by atoms with Crippen LogP contribution in [0, 0.1) is 6.92 Å². The van der Waals surface area contributed by atoms with Gasteiger partial charge in [-0.25, -0.2) is 14.3 Å². The summed E-state index contributed by atoms with van der Waals surface area (Å²) in [6, 6.07) is 14.6. The number of aromatic amines is 1. The minimum Gasteiger partial charge on any atom is -1.00 e. The molecule has 0 bridgehead atoms. The van der Waals surface area contributed by atoms with Gasteiger partial charge in [0.25, 0.3) is 0 Å². The zero-order valence-electron chi connectivity index (χ0n) is 18.2. The van der Waals surface area contributed by atoms with Gasteiger partial charge < -0.3 is 27.0 Å². The first-order chi connectivity index (χ1) is 15.5. The highest BCUT2D eigenvalue weighted by atomic mass is 35.5. The number of carboxylic acids is 1. The Labute approximate surface area is 205 Å². The zero-order chi connectivity index (χ0) is 22.7. The van der Waals surface area contributed by atoms with Gasteiger partial charge in [-0.05, 0) is 31.2 Å². The molecule has 0 amide bonds. The molecule has 2 N–H and O–H groups in total. The van der Waals surface area contributed by atoms with E-state index >= 15 is 0 Å². The zero-order valence-corrected chi connectivity index (χ0v) is 20.6. The maximum absolute atomic E-state index is 11.5. The first-order valence-electron chi connectivity index (χ1n) is 9.76. The molecule has 0 unspecified atom stereocenters. The van der Waals surface area contributed by atoms with Crippen LogP contribution < -0.4 is 26.4 Å². The Bertz CT molecular complexity index is 1300. The van der Waals surface area contributed by atoms with E-state index in [2.05, 4.69) is 4.98 Å². The lowest BCUT2D eigenvalue weighted by atomic mass is 10.2. The SMILES string of the molecule is COc1ccc2nc(-[n+]3ccc(OC)c(C)c3CSSc3ccccc3C(=O)O)[nH]c2c1.[Cl-]. The topological polar surface area (TPSA) is 88.3 Å². The molecular formula is C23H22ClN3O4S2. The van der Waals surface area contributed by atoms with Crippen LogP contribution in [0.25, 0.3) is 17.0 Å². The third-order valence-corrected chi connectivity index (χ3v) is 7.35. The van der Waals surface area contributed by atoms with E-state index in [-0.39, 0.29) is 12.4 Å². The first kappa shape index (κ1) is 24.8. The summed E-state index contributed by atoms with van der Waals surface area (Å²) in [6.45, 7) is 2.01. The smallest absolute Gasteiger partial charge is 0.402 e. The highest BCUT2D eigenvalue weighted by Gasteiger charge is 2.21. The summed E-state index contributed by atoms with van der Waals surface area (Å²) < 4.78 is 12.8. The average Bonchev–Trinajstić information content (AvgIpc) is 3.23. The number of fused-ring (bicyclic) bond motifs is 1. The Hall–Kier alpha value is -2.88. The quantitative estimate of drug-likeness (QED) is 0.280. The molecule has 2 heterocycles. The van der Waals surface area contributed by atoms with E-state index in [1.807, 2.05) is 54.1 Å². The number of methoxy groups -OCH3 is 2. The van der Waals surface area contributed by atoms with Crippen molar-refractivity contribution in [3.05, 3.63) is 71.5 Å². The number of benzene rings is 2. The first-order valence-corrected chi connectivity index (χ1v) is 12.1. The lowest BCUT2D eigenvalue weighted by molar-refractivity contribution is -0.610. The van der Waals surface area contributed by atoms with Crippen molar-refractivity contribution in [1.29, 1.82) is 0 Å². The number of nitrogens with zero attached hydrogens (tertiary/aromatic N) is 2. The molecule has 10 heteroatoms. The Morgan fingerprint density at radius 3 is 2.67 bits per heavy atom. The van der Waals surface area contributed by atoms with E-state index in [0.29, 0.717) is 22.2 Å². The van der Waals surface area contributed by atoms with Crippen LogP contribution in [0.5, 0.6) is 11.5 Å². The van der Waals surface area contributed by atoms with Crippen LogP contribution >= 0.6 is 21.6 Å². The van der Waals surface area contributed by atoms with Crippen molar-refractivity contribution >= 4 is 38.6 Å². The fourth-order valence-electron chi connectivity index (χ4n) is 3.36. The maximum atomic E-state index is 11.5. The highest BCUT2D eigenvalue weighted by Crippen LogP contribution is 2.36. The van der Waals surface area contributed by atoms with Crippen molar-refractivity contribution in [2.45, 2.75) is 17.6 Å². The number of carbonyl (C=O) groups is 1. The summed E-state index contributed by atoms with van der Waals surface area (Å²) >= 11 is 0. The van der Waals surface area contributed by atoms with Crippen molar-refractivity contribution < 1.29 is 36.3 Å². The van der Waals surface area contributed by atoms with Crippen molar-refractivity contribution in [1.82, 2.24) is 9.97 Å². The van der Waals surface area contributed by atoms with E-state index < -0.39 is 5.97 Å². The van der Waals surface area contributed by atoms with Gasteiger partial charge in [-0.15, -0.1) is 0 Å². The second-order valence-electron chi connectivity index (χ2n) is 6.92. The van der Waals surface area contributed by atoms with Gasteiger partial charge in [-0.1, -0.05) is 38.7 Å². The van der Waals surface area contributed by atoms with E-state index in [4.69, 9.17) is 14.5 Å². The summed E-state index contributed by atoms with van der Waals surface area (Å²) in [5.74, 6) is 1.91. The summed E-state index contributed by atoms with van der Waals surface area (Å²) in [5, 5.41) is 9.43. The monoisotopic (exact) mass is 503 g/mol. The van der Waals surface area contributed by atoms with Crippen LogP contribution in [-0.4, -0.2) is 35.3 Å². The maximum Gasteiger partial charge on any atom is 0.402 e. The third-order valence-electron chi connectivity index (χ3n) is 5.05. The Kier molecular flexibility index (Phi) is 8.12. The lowest BCUT2D eigenvalue weighted by Gasteiger charge is -2.12. The molecule has 172 valence electrons. The number of nitrogens with one attached hydrogen (secondary N) is 1. The molecule has 33 heavy (non-hydrogen) atoms. The van der Waals surface area contributed by atoms with Crippen LogP contribution in [0.4, 0.5) is 0 Å². The van der Waals surface area contributed by atoms with Crippen LogP contribution in [0.1, 0.15) is 21.6 Å². The van der Waals surface area contributed by atoms with Crippen LogP contribution in [-0.2, 0) is 5.75 Å². The van der Waals surface area contributed by atoms with E-state index in [1.165, 1.54) is 10.8 Å². The molecule has 0 saturated carbocycles. The predicted molar refractivity (Wildman–Crippen MR) is 126 cm³/mol. The van der Waals surface area contributed by atoms with Crippen molar-refractivity contribution in [3.8, 4) is 17.4 Å². The Morgan fingerprint density at radius 2 is 1.94 bits per heavy atom. The van der Waals surface area contributed by atoms with E-state index in [1.54, 1.807) is 37.1 Å². The van der Waals surface area contributed by atoms with E-state index in [9.17, 15) is 9.90 Å². The van der Waals surface area contributed by atoms with Gasteiger partial charge in [0.1, 0.15) is 22.7 Å². The molecule has 0 aliphatic heterocycles. The highest BCUT2D eigenvalue weighted by molar-refractivity contribution is 8.76. The van der Waals surface area contributed by atoms with Gasteiger partial charge in [-0.2, -0.15) is 0 Å². The molecule has 0 aliphatic carbocycles. The molecular weight excluding hydrogens is 482 g/mol. The molecule has 2 aromatic heterocycles. The summed E-state index contributed by atoms with van der Waals surface area (Å²) in [4.78, 5) is 20.3.